The Bertz CT molecular complexity index is 2070. The molecule has 1 aliphatic rings. The van der Waals surface area contributed by atoms with Crippen molar-refractivity contribution in [3.63, 3.8) is 0 Å². The second-order valence-electron chi connectivity index (χ2n) is 10.5. The Kier molecular flexibility index (Phi) is 7.82. The summed E-state index contributed by atoms with van der Waals surface area (Å²) in [7, 11) is -3.82. The van der Waals surface area contributed by atoms with Gasteiger partial charge in [-0.2, -0.15) is 9.19 Å². The fourth-order valence-electron chi connectivity index (χ4n) is 5.22. The van der Waals surface area contributed by atoms with E-state index in [4.69, 9.17) is 23.2 Å². The third-order valence-corrected chi connectivity index (χ3v) is 8.70. The van der Waals surface area contributed by atoms with E-state index in [1.165, 1.54) is 40.2 Å². The zero-order chi connectivity index (χ0) is 31.2. The molecule has 16 heteroatoms. The molecule has 0 spiro atoms. The summed E-state index contributed by atoms with van der Waals surface area (Å²) in [5, 5.41) is 15.4. The quantitative estimate of drug-likeness (QED) is 0.300. The summed E-state index contributed by atoms with van der Waals surface area (Å²) in [5.41, 5.74) is 2.56. The fraction of sp³-hybridized carbons (Fsp3) is 0.250. The van der Waals surface area contributed by atoms with E-state index in [0.29, 0.717) is 52.5 Å². The Morgan fingerprint density at radius 2 is 1.86 bits per heavy atom. The first-order chi connectivity index (χ1) is 21.0. The van der Waals surface area contributed by atoms with Crippen molar-refractivity contribution in [1.82, 2.24) is 38.7 Å². The van der Waals surface area contributed by atoms with E-state index < -0.39 is 16.1 Å². The molecule has 226 valence electrons. The number of halogens is 2. The Morgan fingerprint density at radius 3 is 2.59 bits per heavy atom. The maximum Gasteiger partial charge on any atom is 0.254 e. The highest BCUT2D eigenvalue weighted by molar-refractivity contribution is 7.89. The van der Waals surface area contributed by atoms with Gasteiger partial charge in [0.25, 0.3) is 15.6 Å². The van der Waals surface area contributed by atoms with Gasteiger partial charge in [-0.1, -0.05) is 41.8 Å². The molecule has 4 aromatic heterocycles. The third-order valence-electron chi connectivity index (χ3n) is 7.39. The van der Waals surface area contributed by atoms with Crippen LogP contribution < -0.4 is 10.9 Å². The van der Waals surface area contributed by atoms with E-state index in [0.717, 1.165) is 10.3 Å². The molecular weight excluding hydrogens is 629 g/mol. The number of fused-ring (bicyclic) bond motifs is 4. The minimum absolute atomic E-state index is 0.193. The van der Waals surface area contributed by atoms with Gasteiger partial charge in [0.15, 0.2) is 5.15 Å². The van der Waals surface area contributed by atoms with Crippen LogP contribution in [0.25, 0.3) is 28.2 Å². The van der Waals surface area contributed by atoms with Gasteiger partial charge in [-0.3, -0.25) is 19.1 Å². The number of rotatable bonds is 4. The minimum atomic E-state index is -3.82. The molecule has 1 N–H and O–H groups in total. The molecule has 1 amide bonds. The van der Waals surface area contributed by atoms with E-state index in [2.05, 4.69) is 30.7 Å². The van der Waals surface area contributed by atoms with E-state index in [1.807, 2.05) is 0 Å². The molecule has 6 rings (SSSR count). The molecule has 0 aliphatic carbocycles. The number of carbonyl (C=O) groups is 1. The average Bonchev–Trinajstić information content (AvgIpc) is 3.61. The van der Waals surface area contributed by atoms with Crippen LogP contribution in [0, 0.1) is 5.92 Å². The second-order valence-corrected chi connectivity index (χ2v) is 13.1. The van der Waals surface area contributed by atoms with Gasteiger partial charge in [0, 0.05) is 34.3 Å². The Morgan fingerprint density at radius 1 is 1.05 bits per heavy atom. The van der Waals surface area contributed by atoms with E-state index in [1.54, 1.807) is 37.3 Å². The zero-order valence-corrected chi connectivity index (χ0v) is 25.8. The van der Waals surface area contributed by atoms with Crippen molar-refractivity contribution in [3.05, 3.63) is 87.5 Å². The zero-order valence-electron chi connectivity index (χ0n) is 23.4. The number of aromatic nitrogens is 8. The number of hydrogen-bond acceptors (Lipinski definition) is 9. The largest absolute Gasteiger partial charge is 0.323 e. The van der Waals surface area contributed by atoms with Gasteiger partial charge in [0.2, 0.25) is 5.91 Å². The minimum Gasteiger partial charge on any atom is -0.323 e. The molecule has 5 heterocycles. The van der Waals surface area contributed by atoms with Crippen LogP contribution in [0.1, 0.15) is 37.9 Å². The molecule has 2 atom stereocenters. The summed E-state index contributed by atoms with van der Waals surface area (Å²) >= 11 is 12.3. The maximum absolute atomic E-state index is 13.7. The van der Waals surface area contributed by atoms with Gasteiger partial charge in [-0.15, -0.1) is 5.10 Å². The summed E-state index contributed by atoms with van der Waals surface area (Å²) < 4.78 is 29.0. The van der Waals surface area contributed by atoms with Gasteiger partial charge in [0.05, 0.1) is 53.8 Å². The summed E-state index contributed by atoms with van der Waals surface area (Å²) in [5.74, 6) is -0.653. The molecule has 0 saturated carbocycles. The normalized spacial score (nSPS) is 17.3. The van der Waals surface area contributed by atoms with Gasteiger partial charge in [0.1, 0.15) is 5.69 Å². The van der Waals surface area contributed by atoms with E-state index in [-0.39, 0.29) is 33.9 Å². The number of hydrogen-bond donors (Lipinski definition) is 1. The fourth-order valence-corrected chi connectivity index (χ4v) is 6.27. The van der Waals surface area contributed by atoms with Crippen LogP contribution in [-0.4, -0.2) is 59.3 Å². The lowest BCUT2D eigenvalue weighted by Crippen LogP contribution is -2.27. The topological polar surface area (TPSA) is 160 Å². The van der Waals surface area contributed by atoms with Crippen molar-refractivity contribution in [3.8, 4) is 28.2 Å². The lowest BCUT2D eigenvalue weighted by atomic mass is 9.97. The number of anilines is 1. The highest BCUT2D eigenvalue weighted by Gasteiger charge is 2.26. The summed E-state index contributed by atoms with van der Waals surface area (Å²) in [6.07, 6.45) is 8.44. The number of nitrogens with zero attached hydrogens (tertiary/aromatic N) is 8. The van der Waals surface area contributed by atoms with Crippen LogP contribution in [0.4, 0.5) is 5.69 Å². The molecule has 1 aromatic carbocycles. The standard InChI is InChI=1S/C28H25Cl2N9O4S/c1-16-4-3-5-24(21-10-17(8-9-31-21)27-22(34-28(16)41)13-33-39(27)44(2,42)43)37-15-32-20(12-26(37)40)19-11-18(29)6-7-23(19)38-14-25(30)35-36-38/h6-16,24H,3-5H2,1-2H3,(H,34,41). The first kappa shape index (κ1) is 29.7. The van der Waals surface area contributed by atoms with Gasteiger partial charge < -0.3 is 5.32 Å². The highest BCUT2D eigenvalue weighted by atomic mass is 35.5. The lowest BCUT2D eigenvalue weighted by Gasteiger charge is -2.22. The summed E-state index contributed by atoms with van der Waals surface area (Å²) in [6.45, 7) is 1.79. The van der Waals surface area contributed by atoms with Crippen molar-refractivity contribution in [1.29, 1.82) is 0 Å². The van der Waals surface area contributed by atoms with Crippen LogP contribution in [0.15, 0.2) is 66.1 Å². The molecule has 13 nitrogen and oxygen atoms in total. The van der Waals surface area contributed by atoms with E-state index >= 15 is 0 Å². The molecule has 44 heavy (non-hydrogen) atoms. The summed E-state index contributed by atoms with van der Waals surface area (Å²) in [4.78, 5) is 35.9. The first-order valence-electron chi connectivity index (χ1n) is 13.5. The van der Waals surface area contributed by atoms with E-state index in [9.17, 15) is 18.0 Å². The monoisotopic (exact) mass is 653 g/mol. The highest BCUT2D eigenvalue weighted by Crippen LogP contribution is 2.34. The van der Waals surface area contributed by atoms with Crippen molar-refractivity contribution >= 4 is 44.8 Å². The molecule has 0 fully saturated rings. The van der Waals surface area contributed by atoms with Crippen molar-refractivity contribution < 1.29 is 13.2 Å². The molecule has 0 saturated heterocycles. The van der Waals surface area contributed by atoms with Crippen molar-refractivity contribution in [2.24, 2.45) is 5.92 Å². The smallest absolute Gasteiger partial charge is 0.254 e. The average molecular weight is 655 g/mol. The Balaban J connectivity index is 1.46. The summed E-state index contributed by atoms with van der Waals surface area (Å²) in [6, 6.07) is 9.26. The Hall–Kier alpha value is -4.40. The maximum atomic E-state index is 13.7. The molecule has 0 radical (unpaired) electrons. The van der Waals surface area contributed by atoms with Crippen LogP contribution in [0.2, 0.25) is 10.2 Å². The molecule has 5 aromatic rings. The Labute approximate surface area is 261 Å². The molecular formula is C28H25Cl2N9O4S. The van der Waals surface area contributed by atoms with Gasteiger partial charge >= 0.3 is 0 Å². The van der Waals surface area contributed by atoms with Crippen LogP contribution in [0.5, 0.6) is 0 Å². The molecule has 2 bridgehead atoms. The van der Waals surface area contributed by atoms with Gasteiger partial charge in [-0.25, -0.2) is 18.1 Å². The van der Waals surface area contributed by atoms with Crippen LogP contribution >= 0.6 is 23.2 Å². The number of pyridine rings is 1. The predicted octanol–water partition coefficient (Wildman–Crippen LogP) is 4.21. The van der Waals surface area contributed by atoms with Crippen molar-refractivity contribution in [2.75, 3.05) is 11.6 Å². The second kappa shape index (κ2) is 11.6. The van der Waals surface area contributed by atoms with Gasteiger partial charge in [-0.05, 0) is 43.2 Å². The first-order valence-corrected chi connectivity index (χ1v) is 16.1. The van der Waals surface area contributed by atoms with Crippen LogP contribution in [-0.2, 0) is 14.8 Å². The molecule has 2 unspecified atom stereocenters. The lowest BCUT2D eigenvalue weighted by molar-refractivity contribution is -0.119. The number of carbonyl (C=O) groups excluding carboxylic acids is 1. The van der Waals surface area contributed by atoms with Crippen LogP contribution in [0.3, 0.4) is 0 Å². The number of benzene rings is 1. The predicted molar refractivity (Wildman–Crippen MR) is 164 cm³/mol. The SMILES string of the molecule is CC1CCCC(n2cnc(-c3cc(Cl)ccc3-n3cc(Cl)nn3)cc2=O)c2cc(ccn2)-c2c(cnn2S(C)(=O)=O)NC1=O. The third kappa shape index (κ3) is 5.75. The number of nitrogens with one attached hydrogen (secondary N) is 1. The van der Waals surface area contributed by atoms with Crippen molar-refractivity contribution in [2.45, 2.75) is 32.2 Å². The number of amides is 1. The molecule has 1 aliphatic heterocycles.